The Morgan fingerprint density at radius 3 is 2.29 bits per heavy atom. The lowest BCUT2D eigenvalue weighted by Crippen LogP contribution is -2.29. The maximum absolute atomic E-state index is 12.0. The van der Waals surface area contributed by atoms with Crippen molar-refractivity contribution in [1.29, 1.82) is 0 Å². The molecule has 1 heterocycles. The molecule has 11 heteroatoms. The third kappa shape index (κ3) is 4.37. The summed E-state index contributed by atoms with van der Waals surface area (Å²) in [4.78, 5) is 0. The first-order chi connectivity index (χ1) is 14.5. The van der Waals surface area contributed by atoms with Crippen LogP contribution >= 0.6 is 0 Å². The molecule has 0 fully saturated rings. The highest BCUT2D eigenvalue weighted by Gasteiger charge is 2.30. The second-order valence-electron chi connectivity index (χ2n) is 7.01. The number of hydrogen-bond donors (Lipinski definition) is 3. The van der Waals surface area contributed by atoms with Crippen molar-refractivity contribution in [3.63, 3.8) is 0 Å². The van der Waals surface area contributed by atoms with Crippen LogP contribution in [0.5, 0.6) is 11.5 Å². The van der Waals surface area contributed by atoms with Crippen molar-refractivity contribution in [2.45, 2.75) is 6.42 Å². The summed E-state index contributed by atoms with van der Waals surface area (Å²) in [7, 11) is -7.81. The number of anilines is 1. The molecule has 0 saturated carbocycles. The van der Waals surface area contributed by atoms with Crippen LogP contribution < -0.4 is 13.2 Å². The highest BCUT2D eigenvalue weighted by atomic mass is 32.2. The Morgan fingerprint density at radius 1 is 1.03 bits per heavy atom. The number of fused-ring (bicyclic) bond motifs is 1. The molecule has 4 rings (SSSR count). The van der Waals surface area contributed by atoms with E-state index in [1.165, 1.54) is 12.1 Å². The normalized spacial score (nSPS) is 15.5. The van der Waals surface area contributed by atoms with Gasteiger partial charge in [-0.15, -0.1) is 0 Å². The Bertz CT molecular complexity index is 1430. The Hall–Kier alpha value is -3.44. The zero-order valence-electron chi connectivity index (χ0n) is 16.2. The molecule has 0 amide bonds. The van der Waals surface area contributed by atoms with E-state index >= 15 is 0 Å². The molecule has 3 N–H and O–H groups in total. The van der Waals surface area contributed by atoms with E-state index in [0.29, 0.717) is 11.1 Å². The second kappa shape index (κ2) is 7.36. The van der Waals surface area contributed by atoms with Gasteiger partial charge in [0, 0.05) is 12.0 Å². The summed E-state index contributed by atoms with van der Waals surface area (Å²) >= 11 is 0. The second-order valence-corrected chi connectivity index (χ2v) is 10.1. The van der Waals surface area contributed by atoms with Crippen LogP contribution in [0.25, 0.3) is 10.8 Å². The van der Waals surface area contributed by atoms with Gasteiger partial charge in [-0.2, -0.15) is 16.8 Å². The van der Waals surface area contributed by atoms with Crippen LogP contribution in [0.1, 0.15) is 11.1 Å². The molecular weight excluding hydrogens is 444 g/mol. The number of benzene rings is 3. The molecule has 9 nitrogen and oxygen atoms in total. The summed E-state index contributed by atoms with van der Waals surface area (Å²) in [6, 6.07) is 15.2. The van der Waals surface area contributed by atoms with Gasteiger partial charge >= 0.3 is 20.3 Å². The Labute approximate surface area is 179 Å². The van der Waals surface area contributed by atoms with Gasteiger partial charge in [0.25, 0.3) is 0 Å². The molecule has 0 bridgehead atoms. The molecule has 162 valence electrons. The molecule has 1 aliphatic rings. The third-order valence-corrected chi connectivity index (χ3v) is 6.34. The minimum Gasteiger partial charge on any atom is -0.506 e. The van der Waals surface area contributed by atoms with Gasteiger partial charge in [0.05, 0.1) is 12.5 Å². The Morgan fingerprint density at radius 2 is 1.71 bits per heavy atom. The number of hydrogen-bond acceptors (Lipinski definition) is 7. The summed E-state index contributed by atoms with van der Waals surface area (Å²) in [5.74, 6) is -0.730. The van der Waals surface area contributed by atoms with Crippen LogP contribution in [0.4, 0.5) is 5.69 Å². The van der Waals surface area contributed by atoms with Crippen LogP contribution in [-0.2, 0) is 26.7 Å². The lowest BCUT2D eigenvalue weighted by molar-refractivity contribution is 0.392. The van der Waals surface area contributed by atoms with Gasteiger partial charge in [0.1, 0.15) is 17.2 Å². The highest BCUT2D eigenvalue weighted by Crippen LogP contribution is 2.34. The molecule has 0 aromatic heterocycles. The first kappa shape index (κ1) is 20.8. The number of rotatable bonds is 5. The summed E-state index contributed by atoms with van der Waals surface area (Å²) < 4.78 is 55.3. The maximum Gasteiger partial charge on any atom is 0.330 e. The van der Waals surface area contributed by atoms with Gasteiger partial charge in [-0.3, -0.25) is 0 Å². The van der Waals surface area contributed by atoms with Gasteiger partial charge in [-0.1, -0.05) is 30.3 Å². The van der Waals surface area contributed by atoms with Crippen molar-refractivity contribution < 1.29 is 31.2 Å². The van der Waals surface area contributed by atoms with Crippen LogP contribution in [0.3, 0.4) is 0 Å². The SMILES string of the molecule is CS(=O)(=O)Oc1cc2ccccc2cc1Cc1ccc(N2C=C(O)NS2(=O)=O)c(O)c1. The molecule has 0 saturated heterocycles. The van der Waals surface area contributed by atoms with E-state index in [1.54, 1.807) is 18.2 Å². The van der Waals surface area contributed by atoms with Gasteiger partial charge in [-0.05, 0) is 40.6 Å². The topological polar surface area (TPSA) is 133 Å². The van der Waals surface area contributed by atoms with E-state index < -0.39 is 26.2 Å². The van der Waals surface area contributed by atoms with Gasteiger partial charge in [0.2, 0.25) is 5.88 Å². The summed E-state index contributed by atoms with van der Waals surface area (Å²) in [6.45, 7) is 0. The first-order valence-corrected chi connectivity index (χ1v) is 12.2. The zero-order valence-corrected chi connectivity index (χ0v) is 17.8. The molecule has 0 aliphatic carbocycles. The minimum absolute atomic E-state index is 0.0496. The third-order valence-electron chi connectivity index (χ3n) is 4.57. The molecule has 0 spiro atoms. The van der Waals surface area contributed by atoms with Crippen LogP contribution in [-0.4, -0.2) is 33.3 Å². The number of phenols is 1. The van der Waals surface area contributed by atoms with Crippen molar-refractivity contribution in [2.24, 2.45) is 0 Å². The molecule has 0 atom stereocenters. The lowest BCUT2D eigenvalue weighted by atomic mass is 9.99. The van der Waals surface area contributed by atoms with Crippen molar-refractivity contribution in [1.82, 2.24) is 4.72 Å². The van der Waals surface area contributed by atoms with E-state index in [4.69, 9.17) is 4.18 Å². The molecule has 1 aliphatic heterocycles. The lowest BCUT2D eigenvalue weighted by Gasteiger charge is -2.16. The molecule has 0 unspecified atom stereocenters. The smallest absolute Gasteiger partial charge is 0.330 e. The average molecular weight is 463 g/mol. The fourth-order valence-corrected chi connectivity index (χ4v) is 4.87. The van der Waals surface area contributed by atoms with Gasteiger partial charge < -0.3 is 14.4 Å². The maximum atomic E-state index is 12.0. The highest BCUT2D eigenvalue weighted by molar-refractivity contribution is 7.91. The largest absolute Gasteiger partial charge is 0.506 e. The van der Waals surface area contributed by atoms with E-state index in [1.807, 2.05) is 29.0 Å². The molecule has 31 heavy (non-hydrogen) atoms. The van der Waals surface area contributed by atoms with Crippen LogP contribution in [0, 0.1) is 0 Å². The summed E-state index contributed by atoms with van der Waals surface area (Å²) in [5.41, 5.74) is 1.11. The quantitative estimate of drug-likeness (QED) is 0.496. The molecule has 0 radical (unpaired) electrons. The molecule has 3 aromatic rings. The van der Waals surface area contributed by atoms with E-state index in [-0.39, 0.29) is 23.6 Å². The number of aliphatic hydroxyl groups excluding tert-OH is 1. The first-order valence-electron chi connectivity index (χ1n) is 8.98. The predicted molar refractivity (Wildman–Crippen MR) is 116 cm³/mol. The van der Waals surface area contributed by atoms with Gasteiger partial charge in [0.15, 0.2) is 0 Å². The van der Waals surface area contributed by atoms with Crippen LogP contribution in [0.2, 0.25) is 0 Å². The van der Waals surface area contributed by atoms with E-state index in [0.717, 1.165) is 27.5 Å². The van der Waals surface area contributed by atoms with Crippen molar-refractivity contribution in [3.8, 4) is 11.5 Å². The number of nitrogens with zero attached hydrogens (tertiary/aromatic N) is 1. The summed E-state index contributed by atoms with van der Waals surface area (Å²) in [5, 5.41) is 21.5. The molecule has 3 aromatic carbocycles. The number of aliphatic hydroxyl groups is 1. The fourth-order valence-electron chi connectivity index (χ4n) is 3.32. The average Bonchev–Trinajstić information content (AvgIpc) is 2.93. The van der Waals surface area contributed by atoms with E-state index in [2.05, 4.69) is 0 Å². The van der Waals surface area contributed by atoms with Crippen molar-refractivity contribution >= 4 is 36.8 Å². The number of nitrogens with one attached hydrogen (secondary N) is 1. The standard InChI is InChI=1S/C20H18N2O7S2/c1-30(25,26)29-19-11-15-5-3-2-4-14(15)10-16(19)8-13-6-7-17(18(23)9-13)22-12-20(24)21-31(22,27)28/h2-7,9-12,21,23-24H,8H2,1H3. The predicted octanol–water partition coefficient (Wildman–Crippen LogP) is 2.49. The number of phenolic OH excluding ortho intramolecular Hbond substituents is 1. The Kier molecular flexibility index (Phi) is 4.94. The van der Waals surface area contributed by atoms with E-state index in [9.17, 15) is 27.0 Å². The zero-order chi connectivity index (χ0) is 22.4. The fraction of sp³-hybridized carbons (Fsp3) is 0.100. The minimum atomic E-state index is -4.04. The summed E-state index contributed by atoms with van der Waals surface area (Å²) in [6.07, 6.45) is 2.11. The Balaban J connectivity index is 1.72. The van der Waals surface area contributed by atoms with Crippen LogP contribution in [0.15, 0.2) is 66.7 Å². The molecular formula is C20H18N2O7S2. The van der Waals surface area contributed by atoms with Crippen molar-refractivity contribution in [2.75, 3.05) is 10.6 Å². The monoisotopic (exact) mass is 462 g/mol. The van der Waals surface area contributed by atoms with Crippen molar-refractivity contribution in [3.05, 3.63) is 77.8 Å². The van der Waals surface area contributed by atoms with Gasteiger partial charge in [-0.25, -0.2) is 9.03 Å². The number of aromatic hydroxyl groups is 1.